The lowest BCUT2D eigenvalue weighted by atomic mass is 9.72. The highest BCUT2D eigenvalue weighted by Gasteiger charge is 2.34. The molecule has 190 valence electrons. The number of esters is 1. The molecule has 0 aliphatic heterocycles. The van der Waals surface area contributed by atoms with Gasteiger partial charge in [-0.3, -0.25) is 4.79 Å². The lowest BCUT2D eigenvalue weighted by Gasteiger charge is -2.33. The summed E-state index contributed by atoms with van der Waals surface area (Å²) in [7, 11) is 1.38. The van der Waals surface area contributed by atoms with Crippen LogP contribution in [0.2, 0.25) is 0 Å². The molecule has 0 spiro atoms. The number of methoxy groups -OCH3 is 1. The van der Waals surface area contributed by atoms with Crippen molar-refractivity contribution in [1.82, 2.24) is 0 Å². The maximum absolute atomic E-state index is 13.2. The molecule has 0 saturated heterocycles. The SMILES string of the molecule is COC(=O)c1c(NC(=O)c2ccc(OCCc3ccccc3)c(Br)c2)sc2c1CCC(C(C)(C)C)C2. The van der Waals surface area contributed by atoms with Gasteiger partial charge in [-0.2, -0.15) is 0 Å². The van der Waals surface area contributed by atoms with Gasteiger partial charge in [0, 0.05) is 16.9 Å². The molecule has 7 heteroatoms. The van der Waals surface area contributed by atoms with Gasteiger partial charge in [0.05, 0.1) is 23.8 Å². The number of carbonyl (C=O) groups excluding carboxylic acids is 2. The molecule has 1 N–H and O–H groups in total. The fourth-order valence-corrected chi connectivity index (χ4v) is 6.39. The van der Waals surface area contributed by atoms with E-state index in [0.717, 1.165) is 31.2 Å². The van der Waals surface area contributed by atoms with Gasteiger partial charge in [-0.25, -0.2) is 4.79 Å². The third-order valence-corrected chi connectivity index (χ3v) is 8.58. The van der Waals surface area contributed by atoms with Crippen molar-refractivity contribution in [1.29, 1.82) is 0 Å². The van der Waals surface area contributed by atoms with E-state index in [4.69, 9.17) is 9.47 Å². The average Bonchev–Trinajstić information content (AvgIpc) is 3.21. The van der Waals surface area contributed by atoms with Gasteiger partial charge in [0.25, 0.3) is 5.91 Å². The van der Waals surface area contributed by atoms with Crippen LogP contribution in [0.1, 0.15) is 63.9 Å². The molecule has 3 aromatic rings. The van der Waals surface area contributed by atoms with Gasteiger partial charge in [0.1, 0.15) is 10.8 Å². The van der Waals surface area contributed by atoms with E-state index < -0.39 is 5.97 Å². The molecule has 2 aromatic carbocycles. The Hall–Kier alpha value is -2.64. The zero-order valence-corrected chi connectivity index (χ0v) is 23.6. The zero-order valence-electron chi connectivity index (χ0n) is 21.2. The Morgan fingerprint density at radius 1 is 1.14 bits per heavy atom. The monoisotopic (exact) mass is 569 g/mol. The summed E-state index contributed by atoms with van der Waals surface area (Å²) in [4.78, 5) is 27.0. The Bertz CT molecular complexity index is 1250. The highest BCUT2D eigenvalue weighted by Crippen LogP contribution is 2.44. The predicted molar refractivity (Wildman–Crippen MR) is 148 cm³/mol. The summed E-state index contributed by atoms with van der Waals surface area (Å²) in [6.07, 6.45) is 3.53. The van der Waals surface area contributed by atoms with E-state index in [9.17, 15) is 9.59 Å². The number of halogens is 1. The summed E-state index contributed by atoms with van der Waals surface area (Å²) in [6, 6.07) is 15.4. The first kappa shape index (κ1) is 26.4. The van der Waals surface area contributed by atoms with Gasteiger partial charge in [-0.15, -0.1) is 11.3 Å². The van der Waals surface area contributed by atoms with E-state index in [1.807, 2.05) is 18.2 Å². The number of anilines is 1. The second kappa shape index (κ2) is 11.2. The zero-order chi connectivity index (χ0) is 25.9. The lowest BCUT2D eigenvalue weighted by molar-refractivity contribution is 0.0600. The molecule has 1 heterocycles. The number of fused-ring (bicyclic) bond motifs is 1. The molecule has 1 aliphatic carbocycles. The number of nitrogens with one attached hydrogen (secondary N) is 1. The van der Waals surface area contributed by atoms with Gasteiger partial charge in [0.15, 0.2) is 0 Å². The molecule has 1 aliphatic rings. The van der Waals surface area contributed by atoms with Crippen LogP contribution >= 0.6 is 27.3 Å². The van der Waals surface area contributed by atoms with Crippen LogP contribution in [-0.2, 0) is 24.0 Å². The first-order valence-electron chi connectivity index (χ1n) is 12.2. The molecular formula is C29H32BrNO4S. The molecule has 0 fully saturated rings. The van der Waals surface area contributed by atoms with E-state index in [1.165, 1.54) is 28.9 Å². The van der Waals surface area contributed by atoms with E-state index >= 15 is 0 Å². The Morgan fingerprint density at radius 3 is 2.56 bits per heavy atom. The minimum absolute atomic E-state index is 0.188. The largest absolute Gasteiger partial charge is 0.492 e. The molecule has 0 radical (unpaired) electrons. The average molecular weight is 571 g/mol. The van der Waals surface area contributed by atoms with Gasteiger partial charge in [0.2, 0.25) is 0 Å². The third-order valence-electron chi connectivity index (χ3n) is 6.79. The number of amides is 1. The first-order chi connectivity index (χ1) is 17.2. The number of hydrogen-bond donors (Lipinski definition) is 1. The molecule has 1 aromatic heterocycles. The van der Waals surface area contributed by atoms with Gasteiger partial charge in [-0.05, 0) is 75.9 Å². The minimum atomic E-state index is -0.402. The standard InChI is InChI=1S/C29H32BrNO4S/c1-29(2,3)20-11-12-21-24(17-20)36-27(25(21)28(33)34-4)31-26(32)19-10-13-23(22(30)16-19)35-15-14-18-8-6-5-7-9-18/h5-10,13,16,20H,11-12,14-15,17H2,1-4H3,(H,31,32). The lowest BCUT2D eigenvalue weighted by Crippen LogP contribution is -2.26. The van der Waals surface area contributed by atoms with Gasteiger partial charge in [-0.1, -0.05) is 51.1 Å². The highest BCUT2D eigenvalue weighted by molar-refractivity contribution is 9.10. The van der Waals surface area contributed by atoms with Crippen LogP contribution in [0.15, 0.2) is 53.0 Å². The molecule has 4 rings (SSSR count). The Labute approximate surface area is 225 Å². The van der Waals surface area contributed by atoms with Crippen molar-refractivity contribution in [2.45, 2.75) is 46.5 Å². The topological polar surface area (TPSA) is 64.6 Å². The Kier molecular flexibility index (Phi) is 8.20. The van der Waals surface area contributed by atoms with Crippen molar-refractivity contribution < 1.29 is 19.1 Å². The third kappa shape index (κ3) is 6.01. The summed E-state index contributed by atoms with van der Waals surface area (Å²) >= 11 is 5.03. The number of hydrogen-bond acceptors (Lipinski definition) is 5. The van der Waals surface area contributed by atoms with Gasteiger partial charge < -0.3 is 14.8 Å². The quantitative estimate of drug-likeness (QED) is 0.303. The number of benzene rings is 2. The Morgan fingerprint density at radius 2 is 1.89 bits per heavy atom. The molecule has 36 heavy (non-hydrogen) atoms. The maximum Gasteiger partial charge on any atom is 0.341 e. The van der Waals surface area contributed by atoms with Crippen molar-refractivity contribution in [2.75, 3.05) is 19.0 Å². The minimum Gasteiger partial charge on any atom is -0.492 e. The van der Waals surface area contributed by atoms with Crippen LogP contribution in [0.5, 0.6) is 5.75 Å². The van der Waals surface area contributed by atoms with Crippen LogP contribution < -0.4 is 10.1 Å². The van der Waals surface area contributed by atoms with Crippen LogP contribution in [-0.4, -0.2) is 25.6 Å². The van der Waals surface area contributed by atoms with Gasteiger partial charge >= 0.3 is 5.97 Å². The number of thiophene rings is 1. The number of ether oxygens (including phenoxy) is 2. The second-order valence-corrected chi connectivity index (χ2v) is 12.1. The maximum atomic E-state index is 13.2. The van der Waals surface area contributed by atoms with Crippen LogP contribution in [0, 0.1) is 11.3 Å². The molecule has 1 amide bonds. The molecule has 1 atom stereocenters. The fourth-order valence-electron chi connectivity index (χ4n) is 4.59. The van der Waals surface area contributed by atoms with Crippen molar-refractivity contribution >= 4 is 44.1 Å². The molecule has 0 saturated carbocycles. The van der Waals surface area contributed by atoms with Crippen molar-refractivity contribution in [2.24, 2.45) is 11.3 Å². The highest BCUT2D eigenvalue weighted by atomic mass is 79.9. The number of carbonyl (C=O) groups is 2. The van der Waals surface area contributed by atoms with Crippen molar-refractivity contribution in [3.05, 3.63) is 80.1 Å². The van der Waals surface area contributed by atoms with Crippen LogP contribution in [0.4, 0.5) is 5.00 Å². The van der Waals surface area contributed by atoms with Crippen molar-refractivity contribution in [3.63, 3.8) is 0 Å². The summed E-state index contributed by atoms with van der Waals surface area (Å²) in [6.45, 7) is 7.31. The Balaban J connectivity index is 1.48. The first-order valence-corrected chi connectivity index (χ1v) is 13.8. The molecule has 0 bridgehead atoms. The summed E-state index contributed by atoms with van der Waals surface area (Å²) in [5.41, 5.74) is 3.39. The van der Waals surface area contributed by atoms with Crippen molar-refractivity contribution in [3.8, 4) is 5.75 Å². The van der Waals surface area contributed by atoms with Crippen LogP contribution in [0.25, 0.3) is 0 Å². The molecular weight excluding hydrogens is 538 g/mol. The predicted octanol–water partition coefficient (Wildman–Crippen LogP) is 7.32. The number of rotatable bonds is 7. The second-order valence-electron chi connectivity index (χ2n) is 10.2. The summed E-state index contributed by atoms with van der Waals surface area (Å²) in [5.74, 6) is 0.531. The van der Waals surface area contributed by atoms with E-state index in [-0.39, 0.29) is 11.3 Å². The van der Waals surface area contributed by atoms with E-state index in [2.05, 4.69) is 54.2 Å². The summed E-state index contributed by atoms with van der Waals surface area (Å²) in [5, 5.41) is 3.54. The van der Waals surface area contributed by atoms with E-state index in [1.54, 1.807) is 18.2 Å². The van der Waals surface area contributed by atoms with Crippen LogP contribution in [0.3, 0.4) is 0 Å². The van der Waals surface area contributed by atoms with E-state index in [0.29, 0.717) is 38.9 Å². The summed E-state index contributed by atoms with van der Waals surface area (Å²) < 4.78 is 11.7. The normalized spacial score (nSPS) is 15.2. The molecule has 5 nitrogen and oxygen atoms in total. The fraction of sp³-hybridized carbons (Fsp3) is 0.379. The molecule has 1 unspecified atom stereocenters. The smallest absolute Gasteiger partial charge is 0.341 e.